The van der Waals surface area contributed by atoms with Crippen molar-refractivity contribution < 1.29 is 50.3 Å². The van der Waals surface area contributed by atoms with E-state index in [9.17, 15) is 40.9 Å². The molecule has 2 aliphatic rings. The molecule has 0 aliphatic carbocycles. The Labute approximate surface area is 203 Å². The minimum absolute atomic E-state index is 0.396. The van der Waals surface area contributed by atoms with Gasteiger partial charge >= 0.3 is 0 Å². The standard InChI is InChI=1S/C22H24N2O10S/c25-7-13-19(29)21(31)17(27)11(33-13)5-3-9-1-2-10(16-15(9)23-35-24-16)4-6-12-18(28)22(32)20(30)14(8-26)34-12/h1-2,11-14,17-22,25-32H,7-8H2/t11-,12-,13-,14-,17-,18-,19-,20-,21-,22?/m1/s1. The zero-order chi connectivity index (χ0) is 25.3. The zero-order valence-corrected chi connectivity index (χ0v) is 18.9. The summed E-state index contributed by atoms with van der Waals surface area (Å²) in [6.07, 6.45) is -13.5. The maximum atomic E-state index is 10.2. The van der Waals surface area contributed by atoms with Gasteiger partial charge in [-0.05, 0) is 12.1 Å². The van der Waals surface area contributed by atoms with Crippen molar-refractivity contribution >= 4 is 22.8 Å². The third kappa shape index (κ3) is 5.03. The summed E-state index contributed by atoms with van der Waals surface area (Å²) in [6.45, 7) is -1.13. The van der Waals surface area contributed by atoms with Crippen LogP contribution >= 0.6 is 11.7 Å². The van der Waals surface area contributed by atoms with Crippen molar-refractivity contribution in [3.63, 3.8) is 0 Å². The molecule has 2 saturated heterocycles. The van der Waals surface area contributed by atoms with Crippen LogP contribution in [0.25, 0.3) is 11.0 Å². The number of aliphatic hydroxyl groups is 8. The molecule has 1 aromatic heterocycles. The summed E-state index contributed by atoms with van der Waals surface area (Å²) in [5.74, 6) is 11.0. The average molecular weight is 509 g/mol. The van der Waals surface area contributed by atoms with Gasteiger partial charge in [-0.25, -0.2) is 0 Å². The molecule has 0 radical (unpaired) electrons. The number of aromatic nitrogens is 2. The second kappa shape index (κ2) is 10.8. The highest BCUT2D eigenvalue weighted by atomic mass is 32.1. The van der Waals surface area contributed by atoms with Gasteiger partial charge in [-0.15, -0.1) is 0 Å². The molecule has 2 aliphatic heterocycles. The first-order valence-electron chi connectivity index (χ1n) is 10.7. The smallest absolute Gasteiger partial charge is 0.147 e. The van der Waals surface area contributed by atoms with Gasteiger partial charge in [-0.2, -0.15) is 8.75 Å². The van der Waals surface area contributed by atoms with Crippen LogP contribution in [0.1, 0.15) is 11.1 Å². The van der Waals surface area contributed by atoms with Gasteiger partial charge in [0.25, 0.3) is 0 Å². The largest absolute Gasteiger partial charge is 0.394 e. The topological polar surface area (TPSA) is 206 Å². The zero-order valence-electron chi connectivity index (χ0n) is 18.0. The number of benzene rings is 1. The minimum Gasteiger partial charge on any atom is -0.394 e. The summed E-state index contributed by atoms with van der Waals surface area (Å²) in [4.78, 5) is 0. The van der Waals surface area contributed by atoms with Gasteiger partial charge in [0.1, 0.15) is 72.1 Å². The Bertz CT molecular complexity index is 1080. The molecular formula is C22H24N2O10S. The molecule has 1 aromatic carbocycles. The van der Waals surface area contributed by atoms with Crippen LogP contribution in [0.4, 0.5) is 0 Å². The molecule has 4 rings (SSSR count). The van der Waals surface area contributed by atoms with Gasteiger partial charge < -0.3 is 50.3 Å². The lowest BCUT2D eigenvalue weighted by atomic mass is 9.95. The van der Waals surface area contributed by atoms with Crippen LogP contribution in [0.15, 0.2) is 12.1 Å². The van der Waals surface area contributed by atoms with E-state index >= 15 is 0 Å². The number of nitrogens with zero attached hydrogens (tertiary/aromatic N) is 2. The van der Waals surface area contributed by atoms with E-state index in [1.807, 2.05) is 0 Å². The van der Waals surface area contributed by atoms with Crippen molar-refractivity contribution in [1.29, 1.82) is 0 Å². The summed E-state index contributed by atoms with van der Waals surface area (Å²) in [6, 6.07) is 3.19. The van der Waals surface area contributed by atoms with Crippen LogP contribution in [0, 0.1) is 23.7 Å². The maximum Gasteiger partial charge on any atom is 0.147 e. The SMILES string of the molecule is OC[C@H]1O[C@H](C#Cc2ccc(C#C[C@H]3O[C@H](CO)[C@@H](O)C(O)[C@@H]3O)c3nsnc23)[C@@H](O)[C@@H](O)[C@@H]1O. The Morgan fingerprint density at radius 3 is 1.43 bits per heavy atom. The van der Waals surface area contributed by atoms with Crippen LogP contribution < -0.4 is 0 Å². The van der Waals surface area contributed by atoms with Crippen LogP contribution in [-0.2, 0) is 9.47 Å². The fourth-order valence-electron chi connectivity index (χ4n) is 3.81. The lowest BCUT2D eigenvalue weighted by Crippen LogP contribution is -2.58. The van der Waals surface area contributed by atoms with Crippen molar-refractivity contribution in [2.45, 2.75) is 61.0 Å². The lowest BCUT2D eigenvalue weighted by molar-refractivity contribution is -0.214. The summed E-state index contributed by atoms with van der Waals surface area (Å²) in [5, 5.41) is 78.6. The van der Waals surface area contributed by atoms with Gasteiger partial charge in [0, 0.05) is 0 Å². The molecule has 35 heavy (non-hydrogen) atoms. The number of rotatable bonds is 2. The number of ether oxygens (including phenoxy) is 2. The van der Waals surface area contributed by atoms with Crippen LogP contribution in [-0.4, -0.2) is 124 Å². The Hall–Kier alpha value is -2.24. The molecule has 0 amide bonds. The van der Waals surface area contributed by atoms with Crippen molar-refractivity contribution in [2.24, 2.45) is 0 Å². The van der Waals surface area contributed by atoms with Crippen LogP contribution in [0.2, 0.25) is 0 Å². The number of hydrogen-bond acceptors (Lipinski definition) is 13. The molecule has 0 spiro atoms. The molecule has 0 bridgehead atoms. The van der Waals surface area contributed by atoms with E-state index in [0.29, 0.717) is 22.2 Å². The second-order valence-electron chi connectivity index (χ2n) is 8.16. The molecule has 12 nitrogen and oxygen atoms in total. The molecule has 2 fully saturated rings. The summed E-state index contributed by atoms with van der Waals surface area (Å²) in [5.41, 5.74) is 1.63. The second-order valence-corrected chi connectivity index (χ2v) is 8.69. The maximum absolute atomic E-state index is 10.2. The number of hydrogen-bond donors (Lipinski definition) is 8. The third-order valence-electron chi connectivity index (χ3n) is 5.90. The van der Waals surface area contributed by atoms with Gasteiger partial charge in [-0.3, -0.25) is 0 Å². The van der Waals surface area contributed by atoms with E-state index in [1.54, 1.807) is 12.1 Å². The summed E-state index contributed by atoms with van der Waals surface area (Å²) in [7, 11) is 0. The van der Waals surface area contributed by atoms with Crippen molar-refractivity contribution in [3.8, 4) is 23.7 Å². The van der Waals surface area contributed by atoms with E-state index in [0.717, 1.165) is 11.7 Å². The van der Waals surface area contributed by atoms with Crippen molar-refractivity contribution in [1.82, 2.24) is 8.75 Å². The van der Waals surface area contributed by atoms with E-state index < -0.39 is 74.3 Å². The van der Waals surface area contributed by atoms with Crippen LogP contribution in [0.5, 0.6) is 0 Å². The quantitative estimate of drug-likeness (QED) is 0.183. The summed E-state index contributed by atoms with van der Waals surface area (Å²) >= 11 is 0.906. The minimum atomic E-state index is -1.54. The Morgan fingerprint density at radius 1 is 0.657 bits per heavy atom. The highest BCUT2D eigenvalue weighted by molar-refractivity contribution is 7.00. The fraction of sp³-hybridized carbons (Fsp3) is 0.545. The first kappa shape index (κ1) is 25.8. The van der Waals surface area contributed by atoms with E-state index in [2.05, 4.69) is 32.4 Å². The fourth-order valence-corrected chi connectivity index (χ4v) is 4.38. The predicted octanol–water partition coefficient (Wildman–Crippen LogP) is -3.92. The van der Waals surface area contributed by atoms with E-state index in [-0.39, 0.29) is 0 Å². The highest BCUT2D eigenvalue weighted by Crippen LogP contribution is 2.24. The first-order chi connectivity index (χ1) is 16.8. The molecule has 10 atom stereocenters. The molecule has 188 valence electrons. The molecular weight excluding hydrogens is 484 g/mol. The van der Waals surface area contributed by atoms with Gasteiger partial charge in [0.2, 0.25) is 0 Å². The third-order valence-corrected chi connectivity index (χ3v) is 6.43. The molecule has 8 N–H and O–H groups in total. The Kier molecular flexibility index (Phi) is 7.97. The summed E-state index contributed by atoms with van der Waals surface area (Å²) < 4.78 is 19.2. The average Bonchev–Trinajstić information content (AvgIpc) is 3.36. The Morgan fingerprint density at radius 2 is 1.06 bits per heavy atom. The van der Waals surface area contributed by atoms with E-state index in [1.165, 1.54) is 0 Å². The van der Waals surface area contributed by atoms with Crippen molar-refractivity contribution in [3.05, 3.63) is 23.3 Å². The number of aliphatic hydroxyl groups excluding tert-OH is 8. The first-order valence-corrected chi connectivity index (χ1v) is 11.4. The van der Waals surface area contributed by atoms with Gasteiger partial charge in [0.15, 0.2) is 0 Å². The predicted molar refractivity (Wildman–Crippen MR) is 119 cm³/mol. The highest BCUT2D eigenvalue weighted by Gasteiger charge is 2.43. The molecule has 1 unspecified atom stereocenters. The lowest BCUT2D eigenvalue weighted by Gasteiger charge is -2.37. The van der Waals surface area contributed by atoms with E-state index in [4.69, 9.17) is 9.47 Å². The molecule has 3 heterocycles. The number of fused-ring (bicyclic) bond motifs is 1. The molecule has 13 heteroatoms. The molecule has 0 saturated carbocycles. The normalized spacial score (nSPS) is 37.3. The Balaban J connectivity index is 1.59. The van der Waals surface area contributed by atoms with Gasteiger partial charge in [-0.1, -0.05) is 23.7 Å². The van der Waals surface area contributed by atoms with Crippen molar-refractivity contribution in [2.75, 3.05) is 13.2 Å². The van der Waals surface area contributed by atoms with Crippen LogP contribution in [0.3, 0.4) is 0 Å². The monoisotopic (exact) mass is 508 g/mol. The van der Waals surface area contributed by atoms with Gasteiger partial charge in [0.05, 0.1) is 36.1 Å². The molecule has 2 aromatic rings.